The molecule has 0 saturated heterocycles. The van der Waals surface area contributed by atoms with Crippen LogP contribution in [0.25, 0.3) is 10.8 Å². The van der Waals surface area contributed by atoms with Crippen molar-refractivity contribution in [3.8, 4) is 0 Å². The number of hydrogen-bond donors (Lipinski definition) is 6. The maximum Gasteiger partial charge on any atom is 0.246 e. The summed E-state index contributed by atoms with van der Waals surface area (Å²) in [4.78, 5) is 24.3. The zero-order chi connectivity index (χ0) is 19.8. The normalized spacial score (nSPS) is 11.2. The smallest absolute Gasteiger partial charge is 0.246 e. The second-order valence-electron chi connectivity index (χ2n) is 6.31. The molecule has 0 saturated carbocycles. The Morgan fingerprint density at radius 3 is 2.61 bits per heavy atom. The standard InChI is InChI=1S/C19H26N6O2.ClH/c1-12-9-14(10-13-5-2-3-6-15(12)13)24-18(27)16(25-17(26)11-20)7-4-8-23-19(21)22;/h2-3,5-6,9-10,16H,4,7-8,11,20H2,1H3,(H,24,27)(H,25,26)(H4,21,22,23);1H. The van der Waals surface area contributed by atoms with E-state index < -0.39 is 11.9 Å². The number of halogens is 1. The molecule has 0 spiro atoms. The lowest BCUT2D eigenvalue weighted by molar-refractivity contribution is -0.125. The van der Waals surface area contributed by atoms with Crippen molar-refractivity contribution in [2.75, 3.05) is 18.4 Å². The number of amides is 2. The van der Waals surface area contributed by atoms with Gasteiger partial charge in [-0.25, -0.2) is 0 Å². The monoisotopic (exact) mass is 406 g/mol. The van der Waals surface area contributed by atoms with Gasteiger partial charge in [0.05, 0.1) is 6.54 Å². The van der Waals surface area contributed by atoms with Crippen molar-refractivity contribution in [3.05, 3.63) is 42.0 Å². The van der Waals surface area contributed by atoms with Gasteiger partial charge >= 0.3 is 0 Å². The molecule has 0 fully saturated rings. The number of aryl methyl sites for hydroxylation is 1. The van der Waals surface area contributed by atoms with E-state index in [0.29, 0.717) is 25.1 Å². The highest BCUT2D eigenvalue weighted by atomic mass is 35.5. The molecule has 8 N–H and O–H groups in total. The molecule has 28 heavy (non-hydrogen) atoms. The first-order valence-electron chi connectivity index (χ1n) is 8.78. The number of nitrogens with two attached hydrogens (primary N) is 2. The highest BCUT2D eigenvalue weighted by Gasteiger charge is 2.20. The molecule has 0 aliphatic heterocycles. The molecule has 9 heteroatoms. The van der Waals surface area contributed by atoms with E-state index in [4.69, 9.17) is 16.9 Å². The molecule has 2 aromatic rings. The Labute approximate surface area is 170 Å². The minimum atomic E-state index is -0.721. The van der Waals surface area contributed by atoms with Gasteiger partial charge in [0.2, 0.25) is 11.8 Å². The van der Waals surface area contributed by atoms with E-state index in [1.54, 1.807) is 0 Å². The Hall–Kier alpha value is -2.84. The summed E-state index contributed by atoms with van der Waals surface area (Å²) in [5.74, 6) is -0.840. The summed E-state index contributed by atoms with van der Waals surface area (Å²) in [6, 6.07) is 11.0. The van der Waals surface area contributed by atoms with Crippen LogP contribution in [0.1, 0.15) is 18.4 Å². The second-order valence-corrected chi connectivity index (χ2v) is 6.31. The molecule has 0 aliphatic carbocycles. The summed E-state index contributed by atoms with van der Waals surface area (Å²) in [5.41, 5.74) is 12.3. The van der Waals surface area contributed by atoms with E-state index in [-0.39, 0.29) is 30.8 Å². The zero-order valence-corrected chi connectivity index (χ0v) is 16.6. The van der Waals surface area contributed by atoms with Crippen molar-refractivity contribution in [3.63, 3.8) is 0 Å². The van der Waals surface area contributed by atoms with Crippen LogP contribution in [0.5, 0.6) is 0 Å². The van der Waals surface area contributed by atoms with Crippen LogP contribution >= 0.6 is 12.4 Å². The van der Waals surface area contributed by atoms with E-state index in [2.05, 4.69) is 16.0 Å². The Kier molecular flexibility index (Phi) is 9.20. The van der Waals surface area contributed by atoms with Gasteiger partial charge in [-0.05, 0) is 48.2 Å². The Morgan fingerprint density at radius 2 is 1.93 bits per heavy atom. The topological polar surface area (TPSA) is 146 Å². The molecule has 2 aromatic carbocycles. The van der Waals surface area contributed by atoms with Crippen molar-refractivity contribution in [1.82, 2.24) is 10.6 Å². The largest absolute Gasteiger partial charge is 0.370 e. The summed E-state index contributed by atoms with van der Waals surface area (Å²) in [6.07, 6.45) is 0.948. The molecule has 2 rings (SSSR count). The third kappa shape index (κ3) is 6.71. The number of nitrogens with one attached hydrogen (secondary N) is 4. The first-order valence-corrected chi connectivity index (χ1v) is 8.78. The molecular weight excluding hydrogens is 380 g/mol. The summed E-state index contributed by atoms with van der Waals surface area (Å²) >= 11 is 0. The average molecular weight is 407 g/mol. The summed E-state index contributed by atoms with van der Waals surface area (Å²) in [5, 5.41) is 17.5. The number of rotatable bonds is 8. The molecule has 152 valence electrons. The van der Waals surface area contributed by atoms with Crippen LogP contribution in [-0.4, -0.2) is 36.9 Å². The summed E-state index contributed by atoms with van der Waals surface area (Å²) < 4.78 is 0. The third-order valence-electron chi connectivity index (χ3n) is 4.16. The molecule has 0 aromatic heterocycles. The van der Waals surface area contributed by atoms with Gasteiger partial charge in [-0.1, -0.05) is 24.3 Å². The quantitative estimate of drug-likeness (QED) is 0.221. The maximum atomic E-state index is 12.7. The molecule has 1 atom stereocenters. The predicted molar refractivity (Wildman–Crippen MR) is 115 cm³/mol. The second kappa shape index (κ2) is 11.1. The van der Waals surface area contributed by atoms with E-state index in [0.717, 1.165) is 16.3 Å². The fourth-order valence-electron chi connectivity index (χ4n) is 2.86. The van der Waals surface area contributed by atoms with Crippen LogP contribution in [0, 0.1) is 12.3 Å². The van der Waals surface area contributed by atoms with Crippen molar-refractivity contribution >= 4 is 46.6 Å². The number of carbonyl (C=O) groups is 2. The van der Waals surface area contributed by atoms with E-state index in [1.165, 1.54) is 0 Å². The summed E-state index contributed by atoms with van der Waals surface area (Å²) in [6.45, 7) is 2.23. The molecule has 1 unspecified atom stereocenters. The minimum absolute atomic E-state index is 0. The molecule has 2 amide bonds. The maximum absolute atomic E-state index is 12.7. The van der Waals surface area contributed by atoms with Crippen LogP contribution in [0.3, 0.4) is 0 Å². The van der Waals surface area contributed by atoms with Crippen LogP contribution in [-0.2, 0) is 9.59 Å². The minimum Gasteiger partial charge on any atom is -0.370 e. The van der Waals surface area contributed by atoms with Crippen LogP contribution in [0.4, 0.5) is 5.69 Å². The lowest BCUT2D eigenvalue weighted by Crippen LogP contribution is -2.46. The Bertz CT molecular complexity index is 842. The first-order chi connectivity index (χ1) is 12.9. The first kappa shape index (κ1) is 23.2. The number of hydrogen-bond acceptors (Lipinski definition) is 4. The van der Waals surface area contributed by atoms with Gasteiger partial charge in [-0.3, -0.25) is 15.0 Å². The van der Waals surface area contributed by atoms with Crippen LogP contribution in [0.2, 0.25) is 0 Å². The van der Waals surface area contributed by atoms with Gasteiger partial charge in [0.25, 0.3) is 0 Å². The van der Waals surface area contributed by atoms with Gasteiger partial charge in [-0.2, -0.15) is 0 Å². The highest BCUT2D eigenvalue weighted by Crippen LogP contribution is 2.23. The number of carbonyl (C=O) groups excluding carboxylic acids is 2. The SMILES string of the molecule is Cc1cc(NC(=O)C(CCCNC(=N)N)NC(=O)CN)cc2ccccc12.Cl. The lowest BCUT2D eigenvalue weighted by Gasteiger charge is -2.19. The molecule has 0 bridgehead atoms. The van der Waals surface area contributed by atoms with Crippen LogP contribution < -0.4 is 27.4 Å². The van der Waals surface area contributed by atoms with Crippen molar-refractivity contribution in [2.24, 2.45) is 11.5 Å². The Balaban J connectivity index is 0.00000392. The fourth-order valence-corrected chi connectivity index (χ4v) is 2.86. The van der Waals surface area contributed by atoms with E-state index in [9.17, 15) is 9.59 Å². The number of fused-ring (bicyclic) bond motifs is 1. The van der Waals surface area contributed by atoms with Gasteiger partial charge in [0.15, 0.2) is 5.96 Å². The molecular formula is C19H27ClN6O2. The molecule has 0 radical (unpaired) electrons. The van der Waals surface area contributed by atoms with Gasteiger partial charge < -0.3 is 27.4 Å². The number of guanidine groups is 1. The van der Waals surface area contributed by atoms with Gasteiger partial charge in [0, 0.05) is 12.2 Å². The predicted octanol–water partition coefficient (Wildman–Crippen LogP) is 1.22. The number of benzene rings is 2. The van der Waals surface area contributed by atoms with Crippen molar-refractivity contribution in [1.29, 1.82) is 5.41 Å². The van der Waals surface area contributed by atoms with Gasteiger partial charge in [0.1, 0.15) is 6.04 Å². The van der Waals surface area contributed by atoms with E-state index >= 15 is 0 Å². The van der Waals surface area contributed by atoms with Gasteiger partial charge in [-0.15, -0.1) is 12.4 Å². The molecule has 8 nitrogen and oxygen atoms in total. The summed E-state index contributed by atoms with van der Waals surface area (Å²) in [7, 11) is 0. The molecule has 0 aliphatic rings. The Morgan fingerprint density at radius 1 is 1.21 bits per heavy atom. The van der Waals surface area contributed by atoms with Crippen molar-refractivity contribution < 1.29 is 9.59 Å². The molecule has 0 heterocycles. The number of anilines is 1. The van der Waals surface area contributed by atoms with E-state index in [1.807, 2.05) is 43.3 Å². The zero-order valence-electron chi connectivity index (χ0n) is 15.7. The fraction of sp³-hybridized carbons (Fsp3) is 0.316. The lowest BCUT2D eigenvalue weighted by atomic mass is 10.0. The third-order valence-corrected chi connectivity index (χ3v) is 4.16. The average Bonchev–Trinajstić information content (AvgIpc) is 2.63. The van der Waals surface area contributed by atoms with Crippen molar-refractivity contribution in [2.45, 2.75) is 25.8 Å². The highest BCUT2D eigenvalue weighted by molar-refractivity contribution is 5.99. The van der Waals surface area contributed by atoms with Crippen LogP contribution in [0.15, 0.2) is 36.4 Å².